The lowest BCUT2D eigenvalue weighted by molar-refractivity contribution is 0.332. The Morgan fingerprint density at radius 2 is 2.25 bits per heavy atom. The fraction of sp³-hybridized carbons (Fsp3) is 0.438. The first-order chi connectivity index (χ1) is 9.87. The Labute approximate surface area is 117 Å². The average molecular weight is 267 g/mol. The van der Waals surface area contributed by atoms with Crippen LogP contribution in [0.2, 0.25) is 0 Å². The van der Waals surface area contributed by atoms with Crippen molar-refractivity contribution in [2.24, 2.45) is 17.8 Å². The maximum atomic E-state index is 5.40. The fourth-order valence-electron chi connectivity index (χ4n) is 3.48. The molecule has 2 aromatic heterocycles. The minimum absolute atomic E-state index is 0.688. The molecule has 20 heavy (non-hydrogen) atoms. The molecule has 3 atom stereocenters. The van der Waals surface area contributed by atoms with E-state index in [1.807, 2.05) is 18.3 Å². The van der Waals surface area contributed by atoms with E-state index in [-0.39, 0.29) is 0 Å². The molecular formula is C16H17N3O. The lowest BCUT2D eigenvalue weighted by atomic mass is 9.91. The molecule has 2 bridgehead atoms. The van der Waals surface area contributed by atoms with Crippen LogP contribution >= 0.6 is 0 Å². The van der Waals surface area contributed by atoms with Gasteiger partial charge in [0.15, 0.2) is 5.82 Å². The summed E-state index contributed by atoms with van der Waals surface area (Å²) in [6.07, 6.45) is 12.6. The van der Waals surface area contributed by atoms with Gasteiger partial charge in [-0.2, -0.15) is 4.98 Å². The molecule has 0 aliphatic heterocycles. The molecule has 1 saturated carbocycles. The number of hydrogen-bond donors (Lipinski definition) is 0. The molecule has 0 spiro atoms. The maximum absolute atomic E-state index is 5.40. The molecule has 0 unspecified atom stereocenters. The molecule has 2 aliphatic rings. The van der Waals surface area contributed by atoms with E-state index < -0.39 is 0 Å². The number of allylic oxidation sites excluding steroid dienone is 2. The largest absolute Gasteiger partial charge is 0.339 e. The summed E-state index contributed by atoms with van der Waals surface area (Å²) in [4.78, 5) is 8.63. The number of rotatable bonds is 4. The highest BCUT2D eigenvalue weighted by Crippen LogP contribution is 2.44. The van der Waals surface area contributed by atoms with Gasteiger partial charge in [0.1, 0.15) is 0 Å². The van der Waals surface area contributed by atoms with Gasteiger partial charge >= 0.3 is 0 Å². The predicted molar refractivity (Wildman–Crippen MR) is 73.9 cm³/mol. The highest BCUT2D eigenvalue weighted by molar-refractivity contribution is 5.14. The van der Waals surface area contributed by atoms with Crippen molar-refractivity contribution in [2.75, 3.05) is 0 Å². The van der Waals surface area contributed by atoms with Gasteiger partial charge in [0.25, 0.3) is 0 Å². The Kier molecular flexibility index (Phi) is 2.87. The van der Waals surface area contributed by atoms with Crippen molar-refractivity contribution < 1.29 is 4.52 Å². The van der Waals surface area contributed by atoms with E-state index in [2.05, 4.69) is 27.3 Å². The zero-order valence-electron chi connectivity index (χ0n) is 11.3. The van der Waals surface area contributed by atoms with Crippen LogP contribution in [0.15, 0.2) is 41.2 Å². The molecule has 4 heteroatoms. The van der Waals surface area contributed by atoms with Crippen LogP contribution in [-0.4, -0.2) is 15.1 Å². The van der Waals surface area contributed by atoms with Crippen LogP contribution in [0.3, 0.4) is 0 Å². The van der Waals surface area contributed by atoms with Gasteiger partial charge in [0.05, 0.1) is 0 Å². The summed E-state index contributed by atoms with van der Waals surface area (Å²) in [5.74, 6) is 3.76. The van der Waals surface area contributed by atoms with Gasteiger partial charge < -0.3 is 4.52 Å². The summed E-state index contributed by atoms with van der Waals surface area (Å²) in [7, 11) is 0. The zero-order valence-corrected chi connectivity index (χ0v) is 11.3. The Hall–Kier alpha value is -1.97. The molecule has 1 fully saturated rings. The molecule has 0 amide bonds. The second kappa shape index (κ2) is 4.85. The molecule has 2 aliphatic carbocycles. The minimum Gasteiger partial charge on any atom is -0.339 e. The van der Waals surface area contributed by atoms with E-state index in [0.717, 1.165) is 35.5 Å². The highest BCUT2D eigenvalue weighted by atomic mass is 16.5. The van der Waals surface area contributed by atoms with Gasteiger partial charge in [-0.15, -0.1) is 0 Å². The van der Waals surface area contributed by atoms with Crippen molar-refractivity contribution in [2.45, 2.75) is 25.7 Å². The van der Waals surface area contributed by atoms with Crippen LogP contribution in [0.4, 0.5) is 0 Å². The fourth-order valence-corrected chi connectivity index (χ4v) is 3.48. The summed E-state index contributed by atoms with van der Waals surface area (Å²) in [5, 5.41) is 4.08. The lowest BCUT2D eigenvalue weighted by Gasteiger charge is -2.14. The van der Waals surface area contributed by atoms with Crippen molar-refractivity contribution in [1.29, 1.82) is 0 Å². The van der Waals surface area contributed by atoms with Crippen molar-refractivity contribution in [3.8, 4) is 0 Å². The van der Waals surface area contributed by atoms with E-state index >= 15 is 0 Å². The van der Waals surface area contributed by atoms with Crippen LogP contribution in [0.5, 0.6) is 0 Å². The molecule has 2 heterocycles. The number of pyridine rings is 1. The zero-order chi connectivity index (χ0) is 13.4. The molecule has 0 radical (unpaired) electrons. The van der Waals surface area contributed by atoms with Crippen molar-refractivity contribution in [3.05, 3.63) is 54.0 Å². The van der Waals surface area contributed by atoms with Crippen molar-refractivity contribution in [3.63, 3.8) is 0 Å². The van der Waals surface area contributed by atoms with Gasteiger partial charge in [-0.05, 0) is 42.2 Å². The van der Waals surface area contributed by atoms with E-state index in [1.54, 1.807) is 6.20 Å². The lowest BCUT2D eigenvalue weighted by Crippen LogP contribution is -2.10. The Morgan fingerprint density at radius 3 is 3.00 bits per heavy atom. The third-order valence-corrected chi connectivity index (χ3v) is 4.45. The van der Waals surface area contributed by atoms with E-state index in [0.29, 0.717) is 12.3 Å². The number of hydrogen-bond acceptors (Lipinski definition) is 4. The molecule has 102 valence electrons. The highest BCUT2D eigenvalue weighted by Gasteiger charge is 2.36. The summed E-state index contributed by atoms with van der Waals surface area (Å²) < 4.78 is 5.40. The number of aromatic nitrogens is 3. The maximum Gasteiger partial charge on any atom is 0.226 e. The first kappa shape index (κ1) is 11.8. The minimum atomic E-state index is 0.688. The van der Waals surface area contributed by atoms with Crippen LogP contribution in [0.25, 0.3) is 0 Å². The first-order valence-electron chi connectivity index (χ1n) is 7.25. The number of fused-ring (bicyclic) bond motifs is 2. The van der Waals surface area contributed by atoms with Crippen LogP contribution < -0.4 is 0 Å². The second-order valence-electron chi connectivity index (χ2n) is 5.89. The summed E-state index contributed by atoms with van der Waals surface area (Å²) in [6.45, 7) is 0. The topological polar surface area (TPSA) is 51.8 Å². The van der Waals surface area contributed by atoms with Gasteiger partial charge in [0.2, 0.25) is 5.89 Å². The number of nitrogens with zero attached hydrogens (tertiary/aromatic N) is 3. The van der Waals surface area contributed by atoms with Crippen LogP contribution in [0.1, 0.15) is 30.1 Å². The molecule has 0 aromatic carbocycles. The average Bonchev–Trinajstić information content (AvgIpc) is 3.17. The summed E-state index contributed by atoms with van der Waals surface area (Å²) in [6, 6.07) is 3.96. The summed E-state index contributed by atoms with van der Waals surface area (Å²) >= 11 is 0. The Balaban J connectivity index is 1.42. The van der Waals surface area contributed by atoms with Crippen LogP contribution in [0, 0.1) is 17.8 Å². The Bertz CT molecular complexity index is 620. The van der Waals surface area contributed by atoms with Gasteiger partial charge in [0, 0.05) is 25.2 Å². The molecule has 4 rings (SSSR count). The van der Waals surface area contributed by atoms with Crippen LogP contribution in [-0.2, 0) is 12.8 Å². The predicted octanol–water partition coefficient (Wildman–Crippen LogP) is 2.81. The second-order valence-corrected chi connectivity index (χ2v) is 5.89. The van der Waals surface area contributed by atoms with Gasteiger partial charge in [-0.25, -0.2) is 0 Å². The summed E-state index contributed by atoms with van der Waals surface area (Å²) in [5.41, 5.74) is 1.11. The van der Waals surface area contributed by atoms with Gasteiger partial charge in [-0.3, -0.25) is 4.98 Å². The standard InChI is InChI=1S/C16H17N3O/c1-2-12(10-17-5-1)8-15-18-16(20-19-15)9-14-7-11-3-4-13(14)6-11/h1-5,10-11,13-14H,6-9H2/t11-,13+,14+/m1/s1. The van der Waals surface area contributed by atoms with Gasteiger partial charge in [-0.1, -0.05) is 23.4 Å². The molecule has 0 N–H and O–H groups in total. The molecule has 2 aromatic rings. The normalized spacial score (nSPS) is 27.3. The van der Waals surface area contributed by atoms with E-state index in [1.165, 1.54) is 12.8 Å². The SMILES string of the molecule is C1=C[C@H]2C[C@@H]1C[C@H]2Cc1nc(Cc2cccnc2)no1. The van der Waals surface area contributed by atoms with E-state index in [9.17, 15) is 0 Å². The van der Waals surface area contributed by atoms with E-state index in [4.69, 9.17) is 4.52 Å². The Morgan fingerprint density at radius 1 is 1.25 bits per heavy atom. The smallest absolute Gasteiger partial charge is 0.226 e. The first-order valence-corrected chi connectivity index (χ1v) is 7.25. The quantitative estimate of drug-likeness (QED) is 0.799. The van der Waals surface area contributed by atoms with Crippen molar-refractivity contribution >= 4 is 0 Å². The third kappa shape index (κ3) is 2.26. The molecular weight excluding hydrogens is 250 g/mol. The molecule has 0 saturated heterocycles. The third-order valence-electron chi connectivity index (χ3n) is 4.45. The monoisotopic (exact) mass is 267 g/mol. The van der Waals surface area contributed by atoms with Crippen molar-refractivity contribution in [1.82, 2.24) is 15.1 Å². The molecule has 4 nitrogen and oxygen atoms in total.